The van der Waals surface area contributed by atoms with Crippen LogP contribution in [0.2, 0.25) is 10.0 Å². The van der Waals surface area contributed by atoms with Gasteiger partial charge in [-0.3, -0.25) is 4.90 Å². The zero-order valence-corrected chi connectivity index (χ0v) is 17.1. The average Bonchev–Trinajstić information content (AvgIpc) is 2.52. The van der Waals surface area contributed by atoms with E-state index in [9.17, 15) is 0 Å². The van der Waals surface area contributed by atoms with Crippen molar-refractivity contribution in [1.82, 2.24) is 4.90 Å². The first-order valence-corrected chi connectivity index (χ1v) is 9.28. The Bertz CT molecular complexity index is 610. The molecule has 0 saturated carbocycles. The zero-order valence-electron chi connectivity index (χ0n) is 15.6. The molecule has 2 unspecified atom stereocenters. The van der Waals surface area contributed by atoms with Crippen LogP contribution >= 0.6 is 23.2 Å². The summed E-state index contributed by atoms with van der Waals surface area (Å²) in [5.74, 6) is -2.91. The van der Waals surface area contributed by atoms with Crippen molar-refractivity contribution in [3.8, 4) is 5.75 Å². The lowest BCUT2D eigenvalue weighted by Crippen LogP contribution is -2.45. The average molecular weight is 422 g/mol. The van der Waals surface area contributed by atoms with Crippen molar-refractivity contribution >= 4 is 35.1 Å². The molecule has 1 heterocycles. The Kier molecular flexibility index (Phi) is 9.87. The van der Waals surface area contributed by atoms with Gasteiger partial charge in [0.25, 0.3) is 0 Å². The summed E-state index contributed by atoms with van der Waals surface area (Å²) < 4.78 is 11.6. The minimum atomic E-state index is -1.82. The summed E-state index contributed by atoms with van der Waals surface area (Å²) in [5.41, 5.74) is 0.973. The Morgan fingerprint density at radius 2 is 1.74 bits per heavy atom. The van der Waals surface area contributed by atoms with E-state index >= 15 is 0 Å². The van der Waals surface area contributed by atoms with Gasteiger partial charge in [-0.05, 0) is 44.9 Å². The van der Waals surface area contributed by atoms with Gasteiger partial charge in [0.15, 0.2) is 0 Å². The molecule has 0 spiro atoms. The molecule has 9 heteroatoms. The van der Waals surface area contributed by atoms with Gasteiger partial charge in [0, 0.05) is 24.7 Å². The van der Waals surface area contributed by atoms with Gasteiger partial charge in [-0.25, -0.2) is 9.59 Å². The number of hydrogen-bond donors (Lipinski definition) is 2. The smallest absolute Gasteiger partial charge is 0.414 e. The topological polar surface area (TPSA) is 96.3 Å². The molecule has 152 valence electrons. The van der Waals surface area contributed by atoms with Crippen LogP contribution in [0.1, 0.15) is 25.8 Å². The Balaban J connectivity index is 0.000000527. The fraction of sp³-hybridized carbons (Fsp3) is 0.556. The molecular formula is C18H25Cl2NO6. The van der Waals surface area contributed by atoms with E-state index in [0.717, 1.165) is 37.4 Å². The third-order valence-corrected chi connectivity index (χ3v) is 4.24. The van der Waals surface area contributed by atoms with Crippen LogP contribution in [0.3, 0.4) is 0 Å². The molecule has 1 saturated heterocycles. The van der Waals surface area contributed by atoms with Crippen LogP contribution in [-0.4, -0.2) is 65.5 Å². The van der Waals surface area contributed by atoms with Gasteiger partial charge in [0.2, 0.25) is 0 Å². The molecule has 1 aliphatic rings. The predicted octanol–water partition coefficient (Wildman–Crippen LogP) is 3.34. The van der Waals surface area contributed by atoms with Crippen molar-refractivity contribution in [1.29, 1.82) is 0 Å². The maximum Gasteiger partial charge on any atom is 0.414 e. The number of carbonyl (C=O) groups is 2. The molecule has 0 radical (unpaired) electrons. The molecule has 1 aromatic rings. The SMILES string of the molecule is Cc1cc(Cl)cc(Cl)c1OCCCN1CC(C)OC(C)C1.O=C(O)C(=O)O. The number of aryl methyl sites for hydroxylation is 1. The minimum Gasteiger partial charge on any atom is -0.492 e. The van der Waals surface area contributed by atoms with Crippen LogP contribution in [0.4, 0.5) is 0 Å². The van der Waals surface area contributed by atoms with Gasteiger partial charge in [-0.15, -0.1) is 0 Å². The third-order valence-electron chi connectivity index (χ3n) is 3.74. The Hall–Kier alpha value is -1.54. The molecule has 0 aliphatic carbocycles. The van der Waals surface area contributed by atoms with Crippen molar-refractivity contribution in [2.75, 3.05) is 26.2 Å². The molecule has 0 amide bonds. The Morgan fingerprint density at radius 1 is 1.19 bits per heavy atom. The standard InChI is InChI=1S/C16H23Cl2NO2.C2H2O4/c1-11-7-14(17)8-15(18)16(11)20-6-4-5-19-9-12(2)21-13(3)10-19;3-1(4)2(5)6/h7-8,12-13H,4-6,9-10H2,1-3H3;(H,3,4)(H,5,6). The number of morpholine rings is 1. The van der Waals surface area contributed by atoms with Crippen molar-refractivity contribution in [2.45, 2.75) is 39.4 Å². The van der Waals surface area contributed by atoms with Gasteiger partial charge in [-0.2, -0.15) is 0 Å². The maximum atomic E-state index is 9.10. The second-order valence-electron chi connectivity index (χ2n) is 6.36. The quantitative estimate of drug-likeness (QED) is 0.555. The second-order valence-corrected chi connectivity index (χ2v) is 7.21. The first-order valence-electron chi connectivity index (χ1n) is 8.52. The molecule has 1 fully saturated rings. The van der Waals surface area contributed by atoms with Crippen molar-refractivity contribution in [2.24, 2.45) is 0 Å². The summed E-state index contributed by atoms with van der Waals surface area (Å²) in [4.78, 5) is 20.6. The number of nitrogens with zero attached hydrogens (tertiary/aromatic N) is 1. The lowest BCUT2D eigenvalue weighted by Gasteiger charge is -2.35. The number of benzene rings is 1. The number of aliphatic carboxylic acids is 2. The summed E-state index contributed by atoms with van der Waals surface area (Å²) in [6.07, 6.45) is 1.59. The Morgan fingerprint density at radius 3 is 2.22 bits per heavy atom. The zero-order chi connectivity index (χ0) is 20.6. The van der Waals surface area contributed by atoms with E-state index in [1.165, 1.54) is 0 Å². The normalized spacial score (nSPS) is 19.7. The van der Waals surface area contributed by atoms with Crippen molar-refractivity contribution in [3.05, 3.63) is 27.7 Å². The largest absolute Gasteiger partial charge is 0.492 e. The van der Waals surface area contributed by atoms with Crippen LogP contribution in [0.25, 0.3) is 0 Å². The number of rotatable bonds is 5. The number of carboxylic acid groups (broad SMARTS) is 2. The van der Waals surface area contributed by atoms with Crippen LogP contribution in [0.15, 0.2) is 12.1 Å². The highest BCUT2D eigenvalue weighted by Crippen LogP contribution is 2.31. The van der Waals surface area contributed by atoms with E-state index in [-0.39, 0.29) is 0 Å². The van der Waals surface area contributed by atoms with E-state index in [4.69, 9.17) is 52.5 Å². The summed E-state index contributed by atoms with van der Waals surface area (Å²) in [6.45, 7) is 9.85. The second kappa shape index (κ2) is 11.3. The molecular weight excluding hydrogens is 397 g/mol. The molecule has 2 atom stereocenters. The number of ether oxygens (including phenoxy) is 2. The number of halogens is 2. The van der Waals surface area contributed by atoms with E-state index in [2.05, 4.69) is 18.7 Å². The number of hydrogen-bond acceptors (Lipinski definition) is 5. The third kappa shape index (κ3) is 8.79. The van der Waals surface area contributed by atoms with Crippen molar-refractivity contribution < 1.29 is 29.3 Å². The van der Waals surface area contributed by atoms with Crippen LogP contribution in [0, 0.1) is 6.92 Å². The summed E-state index contributed by atoms with van der Waals surface area (Å²) >= 11 is 12.1. The van der Waals surface area contributed by atoms with E-state index < -0.39 is 11.9 Å². The first kappa shape index (κ1) is 23.5. The summed E-state index contributed by atoms with van der Waals surface area (Å²) in [6, 6.07) is 3.59. The van der Waals surface area contributed by atoms with Crippen LogP contribution in [0.5, 0.6) is 5.75 Å². The van der Waals surface area contributed by atoms with Gasteiger partial charge >= 0.3 is 11.9 Å². The van der Waals surface area contributed by atoms with Crippen LogP contribution in [-0.2, 0) is 14.3 Å². The summed E-state index contributed by atoms with van der Waals surface area (Å²) in [7, 11) is 0. The number of carboxylic acids is 2. The molecule has 1 aromatic carbocycles. The van der Waals surface area contributed by atoms with E-state index in [1.807, 2.05) is 13.0 Å². The van der Waals surface area contributed by atoms with Gasteiger partial charge in [0.1, 0.15) is 5.75 Å². The van der Waals surface area contributed by atoms with E-state index in [0.29, 0.717) is 28.9 Å². The Labute approximate surface area is 168 Å². The fourth-order valence-corrected chi connectivity index (χ4v) is 3.45. The molecule has 7 nitrogen and oxygen atoms in total. The van der Waals surface area contributed by atoms with Crippen LogP contribution < -0.4 is 4.74 Å². The van der Waals surface area contributed by atoms with Gasteiger partial charge in [0.05, 0.1) is 23.8 Å². The molecule has 2 rings (SSSR count). The molecule has 1 aliphatic heterocycles. The van der Waals surface area contributed by atoms with Gasteiger partial charge in [-0.1, -0.05) is 23.2 Å². The highest BCUT2D eigenvalue weighted by molar-refractivity contribution is 6.35. The molecule has 27 heavy (non-hydrogen) atoms. The highest BCUT2D eigenvalue weighted by atomic mass is 35.5. The van der Waals surface area contributed by atoms with Crippen molar-refractivity contribution in [3.63, 3.8) is 0 Å². The monoisotopic (exact) mass is 421 g/mol. The molecule has 0 bridgehead atoms. The maximum absolute atomic E-state index is 9.10. The lowest BCUT2D eigenvalue weighted by molar-refractivity contribution is -0.159. The van der Waals surface area contributed by atoms with Gasteiger partial charge < -0.3 is 19.7 Å². The fourth-order valence-electron chi connectivity index (χ4n) is 2.80. The first-order chi connectivity index (χ1) is 12.6. The summed E-state index contributed by atoms with van der Waals surface area (Å²) in [5, 5.41) is 16.0. The molecule has 2 N–H and O–H groups in total. The minimum absolute atomic E-state index is 0.308. The molecule has 0 aromatic heterocycles. The lowest BCUT2D eigenvalue weighted by atomic mass is 10.2. The highest BCUT2D eigenvalue weighted by Gasteiger charge is 2.21. The van der Waals surface area contributed by atoms with E-state index in [1.54, 1.807) is 6.07 Å². The predicted molar refractivity (Wildman–Crippen MR) is 103 cm³/mol.